The third-order valence-electron chi connectivity index (χ3n) is 5.67. The molecule has 0 saturated heterocycles. The molecule has 2 aromatic carbocycles. The van der Waals surface area contributed by atoms with Crippen molar-refractivity contribution in [3.63, 3.8) is 0 Å². The number of aliphatic carboxylic acids is 1. The Kier molecular flexibility index (Phi) is 4.82. The Hall–Kier alpha value is -2.48. The van der Waals surface area contributed by atoms with Crippen molar-refractivity contribution in [3.8, 4) is 0 Å². The van der Waals surface area contributed by atoms with E-state index in [0.29, 0.717) is 18.2 Å². The normalized spacial score (nSPS) is 17.6. The van der Waals surface area contributed by atoms with Crippen LogP contribution in [-0.4, -0.2) is 17.1 Å². The average molecular weight is 366 g/mol. The molecule has 2 aliphatic rings. The van der Waals surface area contributed by atoms with Crippen molar-refractivity contribution in [2.75, 3.05) is 11.9 Å². The van der Waals surface area contributed by atoms with Gasteiger partial charge in [-0.2, -0.15) is 0 Å². The Bertz CT molecular complexity index is 1130. The van der Waals surface area contributed by atoms with Gasteiger partial charge in [0.15, 0.2) is 0 Å². The van der Waals surface area contributed by atoms with E-state index in [1.54, 1.807) is 6.07 Å². The van der Waals surface area contributed by atoms with Gasteiger partial charge in [0.1, 0.15) is 5.82 Å². The fourth-order valence-corrected chi connectivity index (χ4v) is 4.28. The maximum atomic E-state index is 12.7. The van der Waals surface area contributed by atoms with Crippen LogP contribution in [0.3, 0.4) is 0 Å². The van der Waals surface area contributed by atoms with Crippen LogP contribution < -0.4 is 34.8 Å². The zero-order valence-corrected chi connectivity index (χ0v) is 15.8. The number of anilines is 1. The number of benzene rings is 2. The fourth-order valence-electron chi connectivity index (χ4n) is 4.28. The zero-order valence-electron chi connectivity index (χ0n) is 15.8. The first-order valence-electron chi connectivity index (χ1n) is 9.33. The van der Waals surface area contributed by atoms with Crippen molar-refractivity contribution in [3.05, 3.63) is 75.6 Å². The van der Waals surface area contributed by atoms with Gasteiger partial charge in [0.25, 0.3) is 5.56 Å². The summed E-state index contributed by atoms with van der Waals surface area (Å²) in [6.45, 7) is 0.203. The van der Waals surface area contributed by atoms with E-state index in [0.717, 1.165) is 24.0 Å². The van der Waals surface area contributed by atoms with Crippen LogP contribution in [-0.2, 0) is 11.2 Å². The van der Waals surface area contributed by atoms with Crippen molar-refractivity contribution >= 4 is 22.6 Å². The number of hydrogen-bond donors (Lipinski definition) is 1. The maximum Gasteiger partial charge on any atom is 1.00 e. The number of carbonyl (C=O) groups is 1. The second kappa shape index (κ2) is 7.16. The molecule has 0 amide bonds. The predicted octanol–water partition coefficient (Wildman–Crippen LogP) is -0.810. The molecule has 28 heavy (non-hydrogen) atoms. The van der Waals surface area contributed by atoms with Crippen LogP contribution >= 0.6 is 0 Å². The summed E-state index contributed by atoms with van der Waals surface area (Å²) in [5, 5.41) is 17.0. The number of hydrogen-bond acceptors (Lipinski definition) is 4. The number of nitrogens with one attached hydrogen (secondary N) is 1. The van der Waals surface area contributed by atoms with Crippen molar-refractivity contribution in [1.29, 1.82) is 0 Å². The number of nitrogens with zero attached hydrogens (tertiary/aromatic N) is 1. The topological polar surface area (TPSA) is 74.2 Å². The third-order valence-corrected chi connectivity index (χ3v) is 5.67. The van der Waals surface area contributed by atoms with Crippen molar-refractivity contribution in [2.24, 2.45) is 0 Å². The van der Waals surface area contributed by atoms with Gasteiger partial charge >= 0.3 is 18.9 Å². The summed E-state index contributed by atoms with van der Waals surface area (Å²) in [5.41, 5.74) is 3.00. The van der Waals surface area contributed by atoms with Crippen LogP contribution in [0.1, 0.15) is 41.5 Å². The quantitative estimate of drug-likeness (QED) is 0.613. The molecule has 6 heteroatoms. The Morgan fingerprint density at radius 1 is 1.11 bits per heavy atom. The minimum Gasteiger partial charge on any atom is -0.548 e. The van der Waals surface area contributed by atoms with Gasteiger partial charge in [-0.1, -0.05) is 42.5 Å². The molecule has 1 fully saturated rings. The van der Waals surface area contributed by atoms with Crippen LogP contribution in [0.5, 0.6) is 0 Å². The van der Waals surface area contributed by atoms with Crippen molar-refractivity contribution < 1.29 is 28.8 Å². The molecule has 0 unspecified atom stereocenters. The molecule has 1 aromatic heterocycles. The summed E-state index contributed by atoms with van der Waals surface area (Å²) in [4.78, 5) is 24.2. The molecule has 5 rings (SSSR count). The molecule has 3 aromatic rings. The summed E-state index contributed by atoms with van der Waals surface area (Å²) < 4.78 is 1.37. The second-order valence-electron chi connectivity index (χ2n) is 7.45. The number of carboxylic acid groups (broad SMARTS) is 1. The molecule has 1 aliphatic carbocycles. The van der Waals surface area contributed by atoms with E-state index in [4.69, 9.17) is 0 Å². The van der Waals surface area contributed by atoms with E-state index in [2.05, 4.69) is 29.6 Å². The summed E-state index contributed by atoms with van der Waals surface area (Å²) in [7, 11) is 0. The fraction of sp³-hybridized carbons (Fsp3) is 0.273. The Morgan fingerprint density at radius 2 is 1.86 bits per heavy atom. The molecular formula is C22H19LiN2O3. The number of carboxylic acids is 1. The van der Waals surface area contributed by atoms with Gasteiger partial charge in [0, 0.05) is 12.6 Å². The van der Waals surface area contributed by atoms with E-state index in [1.165, 1.54) is 20.9 Å². The molecule has 136 valence electrons. The van der Waals surface area contributed by atoms with Crippen molar-refractivity contribution in [1.82, 2.24) is 4.57 Å². The number of aromatic nitrogens is 1. The molecule has 0 spiro atoms. The van der Waals surface area contributed by atoms with Gasteiger partial charge in [0.2, 0.25) is 0 Å². The van der Waals surface area contributed by atoms with E-state index in [-0.39, 0.29) is 31.0 Å². The predicted molar refractivity (Wildman–Crippen MR) is 102 cm³/mol. The van der Waals surface area contributed by atoms with E-state index in [9.17, 15) is 14.7 Å². The molecule has 5 nitrogen and oxygen atoms in total. The molecular weight excluding hydrogens is 347 g/mol. The van der Waals surface area contributed by atoms with E-state index in [1.807, 2.05) is 18.2 Å². The molecule has 0 bridgehead atoms. The summed E-state index contributed by atoms with van der Waals surface area (Å²) in [5.74, 6) is -0.147. The molecule has 2 heterocycles. The van der Waals surface area contributed by atoms with Gasteiger partial charge in [-0.05, 0) is 52.6 Å². The first-order valence-corrected chi connectivity index (χ1v) is 9.33. The first kappa shape index (κ1) is 18.9. The van der Waals surface area contributed by atoms with Crippen LogP contribution in [0.25, 0.3) is 10.8 Å². The van der Waals surface area contributed by atoms with Gasteiger partial charge in [-0.3, -0.25) is 9.36 Å². The summed E-state index contributed by atoms with van der Waals surface area (Å²) in [6.07, 6.45) is 2.81. The molecule has 1 saturated carbocycles. The smallest absolute Gasteiger partial charge is 0.548 e. The van der Waals surface area contributed by atoms with E-state index >= 15 is 0 Å². The molecule has 1 aliphatic heterocycles. The van der Waals surface area contributed by atoms with Crippen molar-refractivity contribution in [2.45, 2.75) is 31.2 Å². The monoisotopic (exact) mass is 366 g/mol. The minimum absolute atomic E-state index is 0. The van der Waals surface area contributed by atoms with Crippen LogP contribution in [0.4, 0.5) is 5.82 Å². The van der Waals surface area contributed by atoms with Crippen LogP contribution in [0.15, 0.2) is 53.3 Å². The standard InChI is InChI=1S/C22H20N2O3.Li/c25-19-11-16(10-15-6-3-5-13-4-1-2-7-17(13)15)20(14-8-9-14)21-23-12-18(22(26)27)24(19)21;/h1-7,11,14,18,23H,8-10,12H2,(H,26,27);/q;+1/p-1/t18-;/m0./s1. The largest absolute Gasteiger partial charge is 1.00 e. The van der Waals surface area contributed by atoms with Gasteiger partial charge in [-0.15, -0.1) is 0 Å². The number of fused-ring (bicyclic) bond motifs is 2. The number of rotatable bonds is 4. The average Bonchev–Trinajstić information content (AvgIpc) is 3.39. The van der Waals surface area contributed by atoms with Crippen LogP contribution in [0.2, 0.25) is 0 Å². The number of carbonyl (C=O) groups excluding carboxylic acids is 1. The first-order chi connectivity index (χ1) is 13.1. The Balaban J connectivity index is 0.00000192. The SMILES string of the molecule is O=C([O-])[C@@H]1CNc2c(C3CC3)c(Cc3cccc4ccccc34)cc(=O)n21.[Li+]. The zero-order chi connectivity index (χ0) is 18.5. The molecule has 0 radical (unpaired) electrons. The Labute approximate surface area is 174 Å². The Morgan fingerprint density at radius 3 is 2.61 bits per heavy atom. The minimum atomic E-state index is -1.22. The van der Waals surface area contributed by atoms with Crippen LogP contribution in [0, 0.1) is 0 Å². The third kappa shape index (κ3) is 3.05. The van der Waals surface area contributed by atoms with Gasteiger partial charge < -0.3 is 15.2 Å². The summed E-state index contributed by atoms with van der Waals surface area (Å²) >= 11 is 0. The van der Waals surface area contributed by atoms with E-state index < -0.39 is 12.0 Å². The van der Waals surface area contributed by atoms with Gasteiger partial charge in [-0.25, -0.2) is 0 Å². The molecule has 1 N–H and O–H groups in total. The number of pyridine rings is 1. The maximum absolute atomic E-state index is 12.7. The second-order valence-corrected chi connectivity index (χ2v) is 7.45. The van der Waals surface area contributed by atoms with Gasteiger partial charge in [0.05, 0.1) is 12.0 Å². The molecule has 1 atom stereocenters. The summed E-state index contributed by atoms with van der Waals surface area (Å²) in [6, 6.07) is 15.2.